The Morgan fingerprint density at radius 1 is 1.05 bits per heavy atom. The van der Waals surface area contributed by atoms with Crippen LogP contribution in [0.3, 0.4) is 0 Å². The summed E-state index contributed by atoms with van der Waals surface area (Å²) in [5.74, 6) is -0.872. The smallest absolute Gasteiger partial charge is 0.133 e. The molecule has 0 heterocycles. The number of hydrogen-bond acceptors (Lipinski definition) is 1. The van der Waals surface area contributed by atoms with Gasteiger partial charge in [0.25, 0.3) is 0 Å². The van der Waals surface area contributed by atoms with Gasteiger partial charge in [-0.15, -0.1) is 0 Å². The number of aliphatic hydroxyl groups is 1. The largest absolute Gasteiger partial charge is 0.396 e. The summed E-state index contributed by atoms with van der Waals surface area (Å²) in [4.78, 5) is 0. The molecule has 2 rings (SSSR count). The molecule has 1 atom stereocenters. The maximum atomic E-state index is 13.6. The number of aliphatic hydroxyl groups excluding tert-OH is 1. The zero-order valence-corrected chi connectivity index (χ0v) is 10.7. The van der Waals surface area contributed by atoms with E-state index in [1.807, 2.05) is 31.2 Å². The van der Waals surface area contributed by atoms with Gasteiger partial charge in [0.2, 0.25) is 0 Å². The lowest BCUT2D eigenvalue weighted by Crippen LogP contribution is -1.96. The molecule has 1 N–H and O–H groups in total. The molecule has 0 aliphatic carbocycles. The fraction of sp³-hybridized carbons (Fsp3) is 0.250. The molecule has 0 aliphatic rings. The molecular weight excluding hydrogens is 246 g/mol. The molecule has 0 aromatic heterocycles. The summed E-state index contributed by atoms with van der Waals surface area (Å²) in [6.07, 6.45) is 0.699. The van der Waals surface area contributed by atoms with Crippen LogP contribution in [0.4, 0.5) is 8.78 Å². The quantitative estimate of drug-likeness (QED) is 0.878. The molecule has 0 bridgehead atoms. The Labute approximate surface area is 111 Å². The minimum absolute atomic E-state index is 0.148. The van der Waals surface area contributed by atoms with Crippen LogP contribution >= 0.6 is 0 Å². The van der Waals surface area contributed by atoms with Crippen molar-refractivity contribution in [2.45, 2.75) is 19.3 Å². The van der Waals surface area contributed by atoms with Gasteiger partial charge in [0, 0.05) is 18.2 Å². The predicted molar refractivity (Wildman–Crippen MR) is 71.9 cm³/mol. The lowest BCUT2D eigenvalue weighted by atomic mass is 9.95. The third-order valence-corrected chi connectivity index (χ3v) is 3.28. The molecule has 19 heavy (non-hydrogen) atoms. The van der Waals surface area contributed by atoms with E-state index in [0.29, 0.717) is 12.0 Å². The van der Waals surface area contributed by atoms with E-state index < -0.39 is 11.6 Å². The van der Waals surface area contributed by atoms with Crippen LogP contribution in [0.5, 0.6) is 0 Å². The highest BCUT2D eigenvalue weighted by Gasteiger charge is 2.08. The molecule has 1 unspecified atom stereocenters. The lowest BCUT2D eigenvalue weighted by molar-refractivity contribution is 0.278. The van der Waals surface area contributed by atoms with Crippen LogP contribution in [0.1, 0.15) is 24.8 Å². The van der Waals surface area contributed by atoms with Crippen molar-refractivity contribution in [3.63, 3.8) is 0 Å². The molecule has 0 saturated carbocycles. The van der Waals surface area contributed by atoms with Crippen molar-refractivity contribution in [3.05, 3.63) is 59.7 Å². The lowest BCUT2D eigenvalue weighted by Gasteiger charge is -2.11. The average Bonchev–Trinajstić information content (AvgIpc) is 2.39. The second kappa shape index (κ2) is 5.93. The average molecular weight is 262 g/mol. The normalized spacial score (nSPS) is 12.4. The van der Waals surface area contributed by atoms with E-state index in [0.717, 1.165) is 17.2 Å². The number of hydrogen-bond donors (Lipinski definition) is 1. The molecule has 100 valence electrons. The van der Waals surface area contributed by atoms with E-state index in [1.54, 1.807) is 0 Å². The van der Waals surface area contributed by atoms with Gasteiger partial charge < -0.3 is 5.11 Å². The molecule has 0 spiro atoms. The van der Waals surface area contributed by atoms with Gasteiger partial charge in [0.05, 0.1) is 0 Å². The Kier molecular flexibility index (Phi) is 4.27. The van der Waals surface area contributed by atoms with Crippen LogP contribution in [0.25, 0.3) is 11.1 Å². The summed E-state index contributed by atoms with van der Waals surface area (Å²) in [5.41, 5.74) is 2.21. The molecule has 0 radical (unpaired) electrons. The van der Waals surface area contributed by atoms with Crippen molar-refractivity contribution in [2.24, 2.45) is 0 Å². The first-order valence-electron chi connectivity index (χ1n) is 6.28. The second-order valence-corrected chi connectivity index (χ2v) is 4.66. The monoisotopic (exact) mass is 262 g/mol. The minimum atomic E-state index is -0.575. The highest BCUT2D eigenvalue weighted by atomic mass is 19.1. The van der Waals surface area contributed by atoms with Gasteiger partial charge in [-0.1, -0.05) is 31.2 Å². The molecule has 0 saturated heterocycles. The zero-order chi connectivity index (χ0) is 13.8. The van der Waals surface area contributed by atoms with Crippen molar-refractivity contribution >= 4 is 0 Å². The maximum Gasteiger partial charge on any atom is 0.133 e. The molecule has 0 fully saturated rings. The van der Waals surface area contributed by atoms with Crippen LogP contribution < -0.4 is 0 Å². The van der Waals surface area contributed by atoms with E-state index >= 15 is 0 Å². The Morgan fingerprint density at radius 3 is 2.32 bits per heavy atom. The Bertz CT molecular complexity index is 549. The number of benzene rings is 2. The standard InChI is InChI=1S/C16H16F2O/c1-11(8-9-19)12-2-4-13(5-3-12)15-7-6-14(17)10-16(15)18/h2-7,10-11,19H,8-9H2,1H3. The van der Waals surface area contributed by atoms with Gasteiger partial charge in [-0.2, -0.15) is 0 Å². The van der Waals surface area contributed by atoms with Crippen LogP contribution in [0.15, 0.2) is 42.5 Å². The summed E-state index contributed by atoms with van der Waals surface area (Å²) in [6.45, 7) is 2.18. The number of halogens is 2. The predicted octanol–water partition coefficient (Wildman–Crippen LogP) is 4.12. The first-order chi connectivity index (χ1) is 9.11. The second-order valence-electron chi connectivity index (χ2n) is 4.66. The van der Waals surface area contributed by atoms with Gasteiger partial charge in [-0.25, -0.2) is 8.78 Å². The third-order valence-electron chi connectivity index (χ3n) is 3.28. The van der Waals surface area contributed by atoms with Gasteiger partial charge in [-0.3, -0.25) is 0 Å². The molecule has 0 amide bonds. The highest BCUT2D eigenvalue weighted by molar-refractivity contribution is 5.64. The Hall–Kier alpha value is -1.74. The molecule has 1 nitrogen and oxygen atoms in total. The van der Waals surface area contributed by atoms with E-state index in [-0.39, 0.29) is 12.5 Å². The molecule has 2 aromatic rings. The van der Waals surface area contributed by atoms with Crippen LogP contribution in [-0.4, -0.2) is 11.7 Å². The third kappa shape index (κ3) is 3.18. The van der Waals surface area contributed by atoms with Crippen LogP contribution in [0, 0.1) is 11.6 Å². The summed E-state index contributed by atoms with van der Waals surface area (Å²) in [7, 11) is 0. The molecule has 3 heteroatoms. The van der Waals surface area contributed by atoms with Gasteiger partial charge in [0.1, 0.15) is 11.6 Å². The SMILES string of the molecule is CC(CCO)c1ccc(-c2ccc(F)cc2F)cc1. The van der Waals surface area contributed by atoms with Crippen LogP contribution in [-0.2, 0) is 0 Å². The molecular formula is C16H16F2O. The number of rotatable bonds is 4. The summed E-state index contributed by atoms with van der Waals surface area (Å²) in [5, 5.41) is 8.91. The Balaban J connectivity index is 2.27. The highest BCUT2D eigenvalue weighted by Crippen LogP contribution is 2.26. The fourth-order valence-corrected chi connectivity index (χ4v) is 2.08. The molecule has 0 aliphatic heterocycles. The van der Waals surface area contributed by atoms with E-state index in [4.69, 9.17) is 5.11 Å². The van der Waals surface area contributed by atoms with Crippen molar-refractivity contribution < 1.29 is 13.9 Å². The van der Waals surface area contributed by atoms with E-state index in [1.165, 1.54) is 12.1 Å². The van der Waals surface area contributed by atoms with Crippen molar-refractivity contribution in [3.8, 4) is 11.1 Å². The topological polar surface area (TPSA) is 20.2 Å². The van der Waals surface area contributed by atoms with Gasteiger partial charge in [-0.05, 0) is 35.6 Å². The first-order valence-corrected chi connectivity index (χ1v) is 6.28. The van der Waals surface area contributed by atoms with Gasteiger partial charge >= 0.3 is 0 Å². The minimum Gasteiger partial charge on any atom is -0.396 e. The zero-order valence-electron chi connectivity index (χ0n) is 10.7. The van der Waals surface area contributed by atoms with Crippen LogP contribution in [0.2, 0.25) is 0 Å². The summed E-state index contributed by atoms with van der Waals surface area (Å²) < 4.78 is 26.5. The first kappa shape index (κ1) is 13.7. The summed E-state index contributed by atoms with van der Waals surface area (Å²) >= 11 is 0. The van der Waals surface area contributed by atoms with Crippen molar-refractivity contribution in [1.29, 1.82) is 0 Å². The van der Waals surface area contributed by atoms with E-state index in [2.05, 4.69) is 0 Å². The maximum absolute atomic E-state index is 13.6. The van der Waals surface area contributed by atoms with Gasteiger partial charge in [0.15, 0.2) is 0 Å². The fourth-order valence-electron chi connectivity index (χ4n) is 2.08. The van der Waals surface area contributed by atoms with E-state index in [9.17, 15) is 8.78 Å². The molecule has 2 aromatic carbocycles. The van der Waals surface area contributed by atoms with Crippen molar-refractivity contribution in [1.82, 2.24) is 0 Å². The Morgan fingerprint density at radius 2 is 1.74 bits per heavy atom. The summed E-state index contributed by atoms with van der Waals surface area (Å²) in [6, 6.07) is 11.0. The van der Waals surface area contributed by atoms with Crippen molar-refractivity contribution in [2.75, 3.05) is 6.61 Å².